The molecule has 0 aromatic carbocycles. The molecule has 3 aliphatic rings. The van der Waals surface area contributed by atoms with E-state index in [1.165, 1.54) is 12.8 Å². The zero-order valence-electron chi connectivity index (χ0n) is 16.0. The van der Waals surface area contributed by atoms with E-state index in [-0.39, 0.29) is 5.41 Å². The number of hydrogen-bond acceptors (Lipinski definition) is 4. The standard InChI is InChI=1S/C20H30N4O2/c1-20(2)17(15-7-9-25-18(15)20)24-19(21-3)23-11-14-6-8-22-16(10-14)26-12-13-4-5-13/h6,8,10,13,15,17-18H,4-5,7,9,11-12H2,1-3H3,(H2,21,23,24). The second kappa shape index (κ2) is 7.06. The number of aliphatic imine (C=N–C) groups is 1. The molecule has 1 aliphatic heterocycles. The zero-order chi connectivity index (χ0) is 18.1. The molecule has 26 heavy (non-hydrogen) atoms. The van der Waals surface area contributed by atoms with Crippen LogP contribution in [-0.4, -0.2) is 43.4 Å². The Morgan fingerprint density at radius 2 is 2.23 bits per heavy atom. The normalized spacial score (nSPS) is 29.7. The maximum Gasteiger partial charge on any atom is 0.213 e. The zero-order valence-corrected chi connectivity index (χ0v) is 16.0. The molecule has 1 saturated heterocycles. The van der Waals surface area contributed by atoms with Gasteiger partial charge in [-0.25, -0.2) is 4.98 Å². The second-order valence-electron chi connectivity index (χ2n) is 8.37. The molecule has 1 aromatic rings. The van der Waals surface area contributed by atoms with E-state index in [1.807, 2.05) is 25.4 Å². The lowest BCUT2D eigenvalue weighted by atomic mass is 9.57. The topological polar surface area (TPSA) is 67.8 Å². The van der Waals surface area contributed by atoms with Crippen molar-refractivity contribution in [3.8, 4) is 5.88 Å². The molecule has 0 spiro atoms. The maximum absolute atomic E-state index is 5.88. The first kappa shape index (κ1) is 17.6. The van der Waals surface area contributed by atoms with Gasteiger partial charge in [0.05, 0.1) is 12.7 Å². The minimum Gasteiger partial charge on any atom is -0.477 e. The van der Waals surface area contributed by atoms with E-state index in [0.717, 1.165) is 37.1 Å². The van der Waals surface area contributed by atoms with Crippen LogP contribution in [0.25, 0.3) is 0 Å². The summed E-state index contributed by atoms with van der Waals surface area (Å²) >= 11 is 0. The van der Waals surface area contributed by atoms with Crippen molar-refractivity contribution < 1.29 is 9.47 Å². The number of pyridine rings is 1. The van der Waals surface area contributed by atoms with Crippen molar-refractivity contribution in [2.24, 2.45) is 22.2 Å². The second-order valence-corrected chi connectivity index (χ2v) is 8.37. The Labute approximate surface area is 155 Å². The number of fused-ring (bicyclic) bond motifs is 1. The van der Waals surface area contributed by atoms with Crippen LogP contribution in [0.2, 0.25) is 0 Å². The fraction of sp³-hybridized carbons (Fsp3) is 0.700. The van der Waals surface area contributed by atoms with E-state index in [0.29, 0.717) is 30.5 Å². The minimum atomic E-state index is 0.138. The highest BCUT2D eigenvalue weighted by atomic mass is 16.5. The molecule has 2 aliphatic carbocycles. The molecule has 3 fully saturated rings. The molecular weight excluding hydrogens is 328 g/mol. The van der Waals surface area contributed by atoms with Crippen LogP contribution in [0.3, 0.4) is 0 Å². The Bertz CT molecular complexity index is 672. The van der Waals surface area contributed by atoms with Gasteiger partial charge in [0, 0.05) is 49.8 Å². The minimum absolute atomic E-state index is 0.138. The highest BCUT2D eigenvalue weighted by Gasteiger charge is 2.59. The molecule has 6 nitrogen and oxygen atoms in total. The predicted octanol–water partition coefficient (Wildman–Crippen LogP) is 2.35. The first-order valence-electron chi connectivity index (χ1n) is 9.74. The van der Waals surface area contributed by atoms with Crippen LogP contribution in [-0.2, 0) is 11.3 Å². The van der Waals surface area contributed by atoms with Crippen molar-refractivity contribution >= 4 is 5.96 Å². The van der Waals surface area contributed by atoms with E-state index < -0.39 is 0 Å². The summed E-state index contributed by atoms with van der Waals surface area (Å²) in [5.74, 6) is 2.87. The molecule has 0 radical (unpaired) electrons. The van der Waals surface area contributed by atoms with Gasteiger partial charge in [0.2, 0.25) is 5.88 Å². The summed E-state index contributed by atoms with van der Waals surface area (Å²) in [6.45, 7) is 6.91. The highest BCUT2D eigenvalue weighted by molar-refractivity contribution is 5.80. The van der Waals surface area contributed by atoms with Crippen molar-refractivity contribution in [2.45, 2.75) is 51.8 Å². The van der Waals surface area contributed by atoms with Gasteiger partial charge in [-0.1, -0.05) is 13.8 Å². The number of hydrogen-bond donors (Lipinski definition) is 2. The number of rotatable bonds is 6. The van der Waals surface area contributed by atoms with Gasteiger partial charge in [-0.15, -0.1) is 0 Å². The molecule has 3 atom stereocenters. The van der Waals surface area contributed by atoms with Crippen LogP contribution in [0.15, 0.2) is 23.3 Å². The third-order valence-electron chi connectivity index (χ3n) is 6.04. The van der Waals surface area contributed by atoms with Crippen molar-refractivity contribution in [1.82, 2.24) is 15.6 Å². The predicted molar refractivity (Wildman–Crippen MR) is 101 cm³/mol. The van der Waals surface area contributed by atoms with Crippen molar-refractivity contribution in [1.29, 1.82) is 0 Å². The first-order chi connectivity index (χ1) is 12.6. The Morgan fingerprint density at radius 1 is 1.38 bits per heavy atom. The Morgan fingerprint density at radius 3 is 3.00 bits per heavy atom. The molecular formula is C20H30N4O2. The first-order valence-corrected chi connectivity index (χ1v) is 9.74. The van der Waals surface area contributed by atoms with Gasteiger partial charge in [0.1, 0.15) is 0 Å². The number of nitrogens with one attached hydrogen (secondary N) is 2. The van der Waals surface area contributed by atoms with Gasteiger partial charge in [-0.3, -0.25) is 4.99 Å². The fourth-order valence-corrected chi connectivity index (χ4v) is 4.27. The summed E-state index contributed by atoms with van der Waals surface area (Å²) in [4.78, 5) is 8.70. The van der Waals surface area contributed by atoms with Gasteiger partial charge in [0.25, 0.3) is 0 Å². The average Bonchev–Trinajstić information content (AvgIpc) is 3.36. The van der Waals surface area contributed by atoms with E-state index in [4.69, 9.17) is 9.47 Å². The molecule has 2 heterocycles. The fourth-order valence-electron chi connectivity index (χ4n) is 4.27. The van der Waals surface area contributed by atoms with E-state index in [1.54, 1.807) is 0 Å². The molecule has 6 heteroatoms. The van der Waals surface area contributed by atoms with Gasteiger partial charge in [-0.05, 0) is 36.8 Å². The molecule has 2 N–H and O–H groups in total. The lowest BCUT2D eigenvalue weighted by Gasteiger charge is -2.54. The summed E-state index contributed by atoms with van der Waals surface area (Å²) in [5, 5.41) is 7.03. The molecule has 2 saturated carbocycles. The summed E-state index contributed by atoms with van der Waals surface area (Å²) in [7, 11) is 1.82. The van der Waals surface area contributed by atoms with Gasteiger partial charge in [-0.2, -0.15) is 0 Å². The number of guanidine groups is 1. The highest BCUT2D eigenvalue weighted by Crippen LogP contribution is 2.52. The largest absolute Gasteiger partial charge is 0.477 e. The summed E-state index contributed by atoms with van der Waals surface area (Å²) in [6, 6.07) is 4.42. The lowest BCUT2D eigenvalue weighted by molar-refractivity contribution is -0.106. The van der Waals surface area contributed by atoms with Gasteiger partial charge >= 0.3 is 0 Å². The van der Waals surface area contributed by atoms with E-state index >= 15 is 0 Å². The Balaban J connectivity index is 1.31. The van der Waals surface area contributed by atoms with Crippen LogP contribution >= 0.6 is 0 Å². The van der Waals surface area contributed by atoms with Crippen LogP contribution < -0.4 is 15.4 Å². The van der Waals surface area contributed by atoms with Crippen molar-refractivity contribution in [3.05, 3.63) is 23.9 Å². The lowest BCUT2D eigenvalue weighted by Crippen LogP contribution is -2.67. The van der Waals surface area contributed by atoms with Crippen LogP contribution in [0, 0.1) is 17.3 Å². The average molecular weight is 358 g/mol. The summed E-state index contributed by atoms with van der Waals surface area (Å²) < 4.78 is 11.6. The molecule has 3 unspecified atom stereocenters. The van der Waals surface area contributed by atoms with E-state index in [9.17, 15) is 0 Å². The monoisotopic (exact) mass is 358 g/mol. The van der Waals surface area contributed by atoms with Crippen molar-refractivity contribution in [2.75, 3.05) is 20.3 Å². The molecule has 0 bridgehead atoms. The number of aromatic nitrogens is 1. The van der Waals surface area contributed by atoms with E-state index in [2.05, 4.69) is 34.5 Å². The summed E-state index contributed by atoms with van der Waals surface area (Å²) in [6.07, 6.45) is 5.89. The quantitative estimate of drug-likeness (QED) is 0.604. The number of nitrogens with zero attached hydrogens (tertiary/aromatic N) is 2. The van der Waals surface area contributed by atoms with Crippen molar-refractivity contribution in [3.63, 3.8) is 0 Å². The van der Waals surface area contributed by atoms with Crippen LogP contribution in [0.1, 0.15) is 38.7 Å². The molecule has 1 aromatic heterocycles. The molecule has 0 amide bonds. The van der Waals surface area contributed by atoms with Gasteiger partial charge in [0.15, 0.2) is 5.96 Å². The van der Waals surface area contributed by atoms with Crippen LogP contribution in [0.5, 0.6) is 5.88 Å². The molecule has 4 rings (SSSR count). The summed E-state index contributed by atoms with van der Waals surface area (Å²) in [5.41, 5.74) is 1.28. The van der Waals surface area contributed by atoms with Gasteiger partial charge < -0.3 is 20.1 Å². The number of ether oxygens (including phenoxy) is 2. The third kappa shape index (κ3) is 3.52. The Kier molecular flexibility index (Phi) is 4.78. The maximum atomic E-state index is 5.88. The SMILES string of the molecule is CN=C(NCc1ccnc(OCC2CC2)c1)NC1C2CCOC2C1(C)C. The van der Waals surface area contributed by atoms with Crippen LogP contribution in [0.4, 0.5) is 0 Å². The Hall–Kier alpha value is -1.82. The third-order valence-corrected chi connectivity index (χ3v) is 6.04. The smallest absolute Gasteiger partial charge is 0.213 e. The molecule has 142 valence electrons.